The third-order valence-corrected chi connectivity index (χ3v) is 4.39. The Morgan fingerprint density at radius 2 is 1.88 bits per heavy atom. The molecule has 0 atom stereocenters. The quantitative estimate of drug-likeness (QED) is 0.597. The summed E-state index contributed by atoms with van der Waals surface area (Å²) < 4.78 is 5.26. The summed E-state index contributed by atoms with van der Waals surface area (Å²) in [6.45, 7) is 1.29. The molecule has 0 unspecified atom stereocenters. The van der Waals surface area contributed by atoms with Gasteiger partial charge in [0.25, 0.3) is 5.69 Å². The minimum absolute atomic E-state index is 0.0000434. The third-order valence-electron chi connectivity index (χ3n) is 4.39. The number of aliphatic carboxylic acids is 1. The number of carbonyl (C=O) groups is 2. The fourth-order valence-corrected chi connectivity index (χ4v) is 2.90. The molecule has 0 saturated carbocycles. The fourth-order valence-electron chi connectivity index (χ4n) is 2.90. The van der Waals surface area contributed by atoms with E-state index in [1.54, 1.807) is 17.0 Å². The summed E-state index contributed by atoms with van der Waals surface area (Å²) in [4.78, 5) is 34.4. The number of carbonyl (C=O) groups excluding carboxylic acids is 1. The highest BCUT2D eigenvalue weighted by Gasteiger charge is 2.23. The Hall–Kier alpha value is -2.64. The van der Waals surface area contributed by atoms with Gasteiger partial charge >= 0.3 is 12.1 Å². The van der Waals surface area contributed by atoms with E-state index in [1.165, 1.54) is 12.1 Å². The van der Waals surface area contributed by atoms with Crippen LogP contribution in [0.4, 0.5) is 10.5 Å². The lowest BCUT2D eigenvalue weighted by atomic mass is 9.92. The molecule has 1 aliphatic heterocycles. The van der Waals surface area contributed by atoms with Crippen molar-refractivity contribution in [2.24, 2.45) is 5.92 Å². The van der Waals surface area contributed by atoms with Gasteiger partial charge in [0.05, 0.1) is 4.92 Å². The number of carboxylic acid groups (broad SMARTS) is 1. The van der Waals surface area contributed by atoms with E-state index in [0.29, 0.717) is 31.0 Å². The van der Waals surface area contributed by atoms with Gasteiger partial charge in [-0.3, -0.25) is 14.9 Å². The van der Waals surface area contributed by atoms with E-state index in [1.807, 2.05) is 0 Å². The molecule has 0 spiro atoms. The van der Waals surface area contributed by atoms with Gasteiger partial charge in [0.2, 0.25) is 0 Å². The van der Waals surface area contributed by atoms with Crippen molar-refractivity contribution < 1.29 is 24.4 Å². The molecular formula is C17H22N2O6. The molecule has 1 aliphatic rings. The van der Waals surface area contributed by atoms with Gasteiger partial charge in [-0.2, -0.15) is 0 Å². The predicted octanol–water partition coefficient (Wildman–Crippen LogP) is 3.20. The van der Waals surface area contributed by atoms with Crippen LogP contribution in [0.3, 0.4) is 0 Å². The molecule has 1 amide bonds. The Morgan fingerprint density at radius 3 is 2.44 bits per heavy atom. The van der Waals surface area contributed by atoms with E-state index in [0.717, 1.165) is 19.3 Å². The summed E-state index contributed by atoms with van der Waals surface area (Å²) in [5.74, 6) is -0.315. The number of nitro groups is 1. The molecule has 1 N–H and O–H groups in total. The number of amides is 1. The first-order valence-electron chi connectivity index (χ1n) is 8.32. The minimum atomic E-state index is -0.771. The van der Waals surface area contributed by atoms with Gasteiger partial charge in [-0.1, -0.05) is 0 Å². The van der Waals surface area contributed by atoms with Crippen LogP contribution in [0.1, 0.15) is 37.7 Å². The fraction of sp³-hybridized carbons (Fsp3) is 0.529. The highest BCUT2D eigenvalue weighted by molar-refractivity contribution is 5.67. The van der Waals surface area contributed by atoms with Crippen LogP contribution in [-0.4, -0.2) is 40.1 Å². The number of nitro benzene ring substituents is 1. The van der Waals surface area contributed by atoms with Crippen molar-refractivity contribution >= 4 is 17.7 Å². The SMILES string of the molecule is O=C(O)CCCC1CCN(C(=O)OCc2ccc([N+](=O)[O-])cc2)CC1. The predicted molar refractivity (Wildman–Crippen MR) is 89.1 cm³/mol. The van der Waals surface area contributed by atoms with Gasteiger partial charge in [0.15, 0.2) is 0 Å². The zero-order valence-electron chi connectivity index (χ0n) is 13.9. The van der Waals surface area contributed by atoms with Crippen molar-refractivity contribution in [3.8, 4) is 0 Å². The zero-order chi connectivity index (χ0) is 18.2. The maximum Gasteiger partial charge on any atom is 0.410 e. The third kappa shape index (κ3) is 6.06. The molecular weight excluding hydrogens is 328 g/mol. The number of hydrogen-bond donors (Lipinski definition) is 1. The highest BCUT2D eigenvalue weighted by atomic mass is 16.6. The smallest absolute Gasteiger partial charge is 0.410 e. The molecule has 2 rings (SSSR count). The van der Waals surface area contributed by atoms with Crippen LogP contribution in [0, 0.1) is 16.0 Å². The molecule has 0 bridgehead atoms. The van der Waals surface area contributed by atoms with Crippen LogP contribution >= 0.6 is 0 Å². The Labute approximate surface area is 145 Å². The normalized spacial score (nSPS) is 15.0. The van der Waals surface area contributed by atoms with Crippen molar-refractivity contribution in [1.29, 1.82) is 0 Å². The number of hydrogen-bond acceptors (Lipinski definition) is 5. The molecule has 1 saturated heterocycles. The summed E-state index contributed by atoms with van der Waals surface area (Å²) >= 11 is 0. The van der Waals surface area contributed by atoms with Gasteiger partial charge in [-0.05, 0) is 49.3 Å². The van der Waals surface area contributed by atoms with Crippen LogP contribution in [0.25, 0.3) is 0 Å². The second-order valence-corrected chi connectivity index (χ2v) is 6.19. The number of non-ortho nitro benzene ring substituents is 1. The molecule has 1 aromatic carbocycles. The minimum Gasteiger partial charge on any atom is -0.481 e. The van der Waals surface area contributed by atoms with E-state index in [-0.39, 0.29) is 24.8 Å². The Balaban J connectivity index is 1.70. The van der Waals surface area contributed by atoms with Crippen LogP contribution in [0.15, 0.2) is 24.3 Å². The second-order valence-electron chi connectivity index (χ2n) is 6.19. The molecule has 136 valence electrons. The number of nitrogens with zero attached hydrogens (tertiary/aromatic N) is 2. The lowest BCUT2D eigenvalue weighted by Gasteiger charge is -2.31. The highest BCUT2D eigenvalue weighted by Crippen LogP contribution is 2.23. The molecule has 0 radical (unpaired) electrons. The molecule has 0 aliphatic carbocycles. The first-order chi connectivity index (χ1) is 12.0. The van der Waals surface area contributed by atoms with Crippen LogP contribution in [0.2, 0.25) is 0 Å². The van der Waals surface area contributed by atoms with Crippen molar-refractivity contribution in [3.63, 3.8) is 0 Å². The van der Waals surface area contributed by atoms with E-state index in [4.69, 9.17) is 9.84 Å². The summed E-state index contributed by atoms with van der Waals surface area (Å²) in [5, 5.41) is 19.2. The van der Waals surface area contributed by atoms with Gasteiger partial charge in [0, 0.05) is 31.6 Å². The lowest BCUT2D eigenvalue weighted by molar-refractivity contribution is -0.384. The zero-order valence-corrected chi connectivity index (χ0v) is 13.9. The standard InChI is InChI=1S/C17H22N2O6/c20-16(21)3-1-2-13-8-10-18(11-9-13)17(22)25-12-14-4-6-15(7-5-14)19(23)24/h4-7,13H,1-3,8-12H2,(H,20,21). The van der Waals surface area contributed by atoms with E-state index >= 15 is 0 Å². The first-order valence-corrected chi connectivity index (χ1v) is 8.32. The number of carboxylic acids is 1. The lowest BCUT2D eigenvalue weighted by Crippen LogP contribution is -2.38. The summed E-state index contributed by atoms with van der Waals surface area (Å²) in [6.07, 6.45) is 3.06. The molecule has 8 heteroatoms. The van der Waals surface area contributed by atoms with Crippen molar-refractivity contribution in [2.75, 3.05) is 13.1 Å². The maximum atomic E-state index is 12.1. The summed E-state index contributed by atoms with van der Waals surface area (Å²) in [5.41, 5.74) is 0.697. The summed E-state index contributed by atoms with van der Waals surface area (Å²) in [7, 11) is 0. The second kappa shape index (κ2) is 9.00. The van der Waals surface area contributed by atoms with Gasteiger partial charge in [-0.25, -0.2) is 4.79 Å². The number of piperidine rings is 1. The molecule has 0 aromatic heterocycles. The molecule has 1 fully saturated rings. The Bertz CT molecular complexity index is 608. The number of benzene rings is 1. The first kappa shape index (κ1) is 18.7. The average molecular weight is 350 g/mol. The number of ether oxygens (including phenoxy) is 1. The van der Waals surface area contributed by atoms with Crippen LogP contribution in [-0.2, 0) is 16.1 Å². The topological polar surface area (TPSA) is 110 Å². The summed E-state index contributed by atoms with van der Waals surface area (Å²) in [6, 6.07) is 5.90. The van der Waals surface area contributed by atoms with Gasteiger partial charge in [0.1, 0.15) is 6.61 Å². The van der Waals surface area contributed by atoms with Gasteiger partial charge in [-0.15, -0.1) is 0 Å². The van der Waals surface area contributed by atoms with Crippen molar-refractivity contribution in [2.45, 2.75) is 38.7 Å². The molecule has 25 heavy (non-hydrogen) atoms. The van der Waals surface area contributed by atoms with E-state index < -0.39 is 10.9 Å². The number of likely N-dealkylation sites (tertiary alicyclic amines) is 1. The van der Waals surface area contributed by atoms with Crippen molar-refractivity contribution in [3.05, 3.63) is 39.9 Å². The molecule has 1 heterocycles. The van der Waals surface area contributed by atoms with E-state index in [9.17, 15) is 19.7 Å². The largest absolute Gasteiger partial charge is 0.481 e. The van der Waals surface area contributed by atoms with Crippen LogP contribution < -0.4 is 0 Å². The molecule has 1 aromatic rings. The monoisotopic (exact) mass is 350 g/mol. The van der Waals surface area contributed by atoms with Crippen molar-refractivity contribution in [1.82, 2.24) is 4.90 Å². The average Bonchev–Trinajstić information content (AvgIpc) is 2.60. The Kier molecular flexibility index (Phi) is 6.73. The van der Waals surface area contributed by atoms with Gasteiger partial charge < -0.3 is 14.7 Å². The molecule has 8 nitrogen and oxygen atoms in total. The Morgan fingerprint density at radius 1 is 1.24 bits per heavy atom. The van der Waals surface area contributed by atoms with E-state index in [2.05, 4.69) is 0 Å². The maximum absolute atomic E-state index is 12.1. The number of rotatable bonds is 7. The van der Waals surface area contributed by atoms with Crippen LogP contribution in [0.5, 0.6) is 0 Å².